The minimum Gasteiger partial charge on any atom is -0.457 e. The van der Waals surface area contributed by atoms with E-state index in [1.165, 1.54) is 24.3 Å². The van der Waals surface area contributed by atoms with E-state index < -0.39 is 48.0 Å². The highest BCUT2D eigenvalue weighted by Crippen LogP contribution is 2.35. The number of rotatable bonds is 8. The summed E-state index contributed by atoms with van der Waals surface area (Å²) in [5, 5.41) is 11.8. The molecule has 0 spiro atoms. The lowest BCUT2D eigenvalue weighted by molar-refractivity contribution is -0.202. The van der Waals surface area contributed by atoms with Crippen molar-refractivity contribution in [1.82, 2.24) is 5.32 Å². The Morgan fingerprint density at radius 2 is 1.53 bits per heavy atom. The molecule has 3 aromatic rings. The van der Waals surface area contributed by atoms with Crippen molar-refractivity contribution in [2.45, 2.75) is 24.5 Å². The van der Waals surface area contributed by atoms with Crippen LogP contribution in [0.4, 0.5) is 36.4 Å². The molecule has 0 bridgehead atoms. The van der Waals surface area contributed by atoms with Gasteiger partial charge in [0.05, 0.1) is 11.6 Å². The maximum Gasteiger partial charge on any atom is 0.416 e. The highest BCUT2D eigenvalue weighted by molar-refractivity contribution is 5.50. The van der Waals surface area contributed by atoms with Gasteiger partial charge < -0.3 is 20.1 Å². The second-order valence-corrected chi connectivity index (χ2v) is 8.20. The van der Waals surface area contributed by atoms with Gasteiger partial charge >= 0.3 is 12.4 Å². The van der Waals surface area contributed by atoms with Crippen LogP contribution in [-0.4, -0.2) is 38.0 Å². The van der Waals surface area contributed by atoms with Crippen LogP contribution < -0.4 is 15.0 Å². The van der Waals surface area contributed by atoms with Gasteiger partial charge in [-0.15, -0.1) is 0 Å². The van der Waals surface area contributed by atoms with Gasteiger partial charge in [0.25, 0.3) is 0 Å². The zero-order valence-electron chi connectivity index (χ0n) is 19.2. The van der Waals surface area contributed by atoms with Crippen LogP contribution in [0.5, 0.6) is 11.5 Å². The molecule has 2 atom stereocenters. The highest BCUT2D eigenvalue weighted by atomic mass is 19.4. The Morgan fingerprint density at radius 1 is 0.889 bits per heavy atom. The Morgan fingerprint density at radius 3 is 2.14 bits per heavy atom. The van der Waals surface area contributed by atoms with Crippen LogP contribution in [0.25, 0.3) is 0 Å². The van der Waals surface area contributed by atoms with Crippen LogP contribution in [0.3, 0.4) is 0 Å². The number of benzene rings is 3. The molecule has 0 saturated carbocycles. The summed E-state index contributed by atoms with van der Waals surface area (Å²) in [5.41, 5.74) is -0.750. The van der Waals surface area contributed by atoms with Gasteiger partial charge in [0.2, 0.25) is 0 Å². The molecule has 0 heterocycles. The van der Waals surface area contributed by atoms with E-state index in [2.05, 4.69) is 5.32 Å². The second-order valence-electron chi connectivity index (χ2n) is 8.20. The summed E-state index contributed by atoms with van der Waals surface area (Å²) in [6, 6.07) is 13.0. The molecule has 1 unspecified atom stereocenters. The summed E-state index contributed by atoms with van der Waals surface area (Å²) < 4.78 is 98.9. The maximum absolute atomic E-state index is 14.7. The molecule has 0 aliphatic carbocycles. The number of hydrogen-bond donors (Lipinski definition) is 2. The van der Waals surface area contributed by atoms with Crippen molar-refractivity contribution in [2.24, 2.45) is 0 Å². The Kier molecular flexibility index (Phi) is 8.15. The summed E-state index contributed by atoms with van der Waals surface area (Å²) in [5.74, 6) is -0.411. The quantitative estimate of drug-likeness (QED) is 0.345. The number of nitrogens with one attached hydrogen (secondary N) is 1. The maximum atomic E-state index is 14.7. The average molecular weight is 516 g/mol. The van der Waals surface area contributed by atoms with Crippen molar-refractivity contribution >= 4 is 5.69 Å². The normalized spacial score (nSPS) is 13.8. The smallest absolute Gasteiger partial charge is 0.416 e. The minimum absolute atomic E-state index is 0.129. The Bertz CT molecular complexity index is 1180. The molecule has 3 rings (SSSR count). The number of aliphatic hydroxyl groups excluding tert-OH is 1. The first-order valence-corrected chi connectivity index (χ1v) is 10.7. The van der Waals surface area contributed by atoms with Crippen LogP contribution >= 0.6 is 0 Å². The molecule has 0 radical (unpaired) electrons. The summed E-state index contributed by atoms with van der Waals surface area (Å²) in [6.07, 6.45) is -12.6. The Labute approximate surface area is 202 Å². The number of hydrogen-bond acceptors (Lipinski definition) is 4. The molecule has 3 aromatic carbocycles. The molecule has 0 aliphatic rings. The standard InChI is InChI=1S/C25H23F7N2O2/c1-34(2)17-6-4-8-19(13-17)36-18-7-3-5-15(11-18)23(33-14-22(35)25(30,31)32)20-12-16(24(27,28)29)9-10-21(20)26/h3-13,22-23,33,35H,14H2,1-2H3/t22-,23?/m1/s1. The van der Waals surface area contributed by atoms with E-state index in [1.807, 2.05) is 25.1 Å². The molecule has 11 heteroatoms. The largest absolute Gasteiger partial charge is 0.457 e. The lowest BCUT2D eigenvalue weighted by atomic mass is 9.95. The molecular weight excluding hydrogens is 493 g/mol. The van der Waals surface area contributed by atoms with E-state index in [9.17, 15) is 35.8 Å². The Balaban J connectivity index is 2.00. The monoisotopic (exact) mass is 516 g/mol. The fourth-order valence-corrected chi connectivity index (χ4v) is 3.41. The summed E-state index contributed by atoms with van der Waals surface area (Å²) >= 11 is 0. The molecule has 36 heavy (non-hydrogen) atoms. The van der Waals surface area contributed by atoms with Crippen molar-refractivity contribution in [3.05, 3.63) is 89.2 Å². The first kappa shape index (κ1) is 27.3. The van der Waals surface area contributed by atoms with Gasteiger partial charge in [-0.05, 0) is 48.0 Å². The van der Waals surface area contributed by atoms with E-state index in [1.54, 1.807) is 18.2 Å². The predicted molar refractivity (Wildman–Crippen MR) is 121 cm³/mol. The van der Waals surface area contributed by atoms with Crippen molar-refractivity contribution in [1.29, 1.82) is 0 Å². The lowest BCUT2D eigenvalue weighted by Gasteiger charge is -2.24. The van der Waals surface area contributed by atoms with Crippen LogP contribution in [0.2, 0.25) is 0 Å². The van der Waals surface area contributed by atoms with Gasteiger partial charge in [-0.2, -0.15) is 26.3 Å². The topological polar surface area (TPSA) is 44.7 Å². The highest BCUT2D eigenvalue weighted by Gasteiger charge is 2.39. The number of ether oxygens (including phenoxy) is 1. The summed E-state index contributed by atoms with van der Waals surface area (Å²) in [4.78, 5) is 1.84. The van der Waals surface area contributed by atoms with Crippen LogP contribution in [0.15, 0.2) is 66.7 Å². The average Bonchev–Trinajstić information content (AvgIpc) is 2.79. The number of aliphatic hydroxyl groups is 1. The van der Waals surface area contributed by atoms with Crippen molar-refractivity contribution in [3.63, 3.8) is 0 Å². The minimum atomic E-state index is -4.98. The van der Waals surface area contributed by atoms with Gasteiger partial charge in [0, 0.05) is 38.0 Å². The van der Waals surface area contributed by atoms with E-state index in [0.29, 0.717) is 23.9 Å². The van der Waals surface area contributed by atoms with Gasteiger partial charge in [-0.1, -0.05) is 18.2 Å². The van der Waals surface area contributed by atoms with E-state index in [0.717, 1.165) is 5.69 Å². The van der Waals surface area contributed by atoms with Gasteiger partial charge in [0.1, 0.15) is 17.3 Å². The van der Waals surface area contributed by atoms with Crippen molar-refractivity contribution < 1.29 is 40.6 Å². The van der Waals surface area contributed by atoms with Gasteiger partial charge in [-0.25, -0.2) is 4.39 Å². The van der Waals surface area contributed by atoms with E-state index in [-0.39, 0.29) is 11.3 Å². The lowest BCUT2D eigenvalue weighted by Crippen LogP contribution is -2.40. The number of anilines is 1. The molecule has 194 valence electrons. The molecule has 0 aromatic heterocycles. The molecule has 2 N–H and O–H groups in total. The van der Waals surface area contributed by atoms with Gasteiger partial charge in [-0.3, -0.25) is 0 Å². The number of nitrogens with zero attached hydrogens (tertiary/aromatic N) is 1. The SMILES string of the molecule is CN(C)c1cccc(Oc2cccc(C(NC[C@@H](O)C(F)(F)F)c3cc(C(F)(F)F)ccc3F)c2)c1. The molecule has 0 amide bonds. The molecule has 0 fully saturated rings. The number of alkyl halides is 6. The fraction of sp³-hybridized carbons (Fsp3) is 0.280. The summed E-state index contributed by atoms with van der Waals surface area (Å²) in [7, 11) is 3.66. The first-order chi connectivity index (χ1) is 16.8. The van der Waals surface area contributed by atoms with Crippen LogP contribution in [0.1, 0.15) is 22.7 Å². The third-order valence-electron chi connectivity index (χ3n) is 5.29. The van der Waals surface area contributed by atoms with Gasteiger partial charge in [0.15, 0.2) is 6.10 Å². The predicted octanol–water partition coefficient (Wildman–Crippen LogP) is 6.31. The molecular formula is C25H23F7N2O2. The van der Waals surface area contributed by atoms with Crippen LogP contribution in [-0.2, 0) is 6.18 Å². The first-order valence-electron chi connectivity index (χ1n) is 10.7. The van der Waals surface area contributed by atoms with E-state index >= 15 is 0 Å². The molecule has 0 aliphatic heterocycles. The Hall–Kier alpha value is -3.31. The number of halogens is 7. The third-order valence-corrected chi connectivity index (χ3v) is 5.29. The zero-order chi connectivity index (χ0) is 26.7. The second kappa shape index (κ2) is 10.8. The zero-order valence-corrected chi connectivity index (χ0v) is 19.2. The third kappa shape index (κ3) is 6.88. The fourth-order valence-electron chi connectivity index (χ4n) is 3.41. The van der Waals surface area contributed by atoms with Crippen LogP contribution in [0, 0.1) is 5.82 Å². The molecule has 0 saturated heterocycles. The molecule has 4 nitrogen and oxygen atoms in total. The van der Waals surface area contributed by atoms with Crippen molar-refractivity contribution in [3.8, 4) is 11.5 Å². The van der Waals surface area contributed by atoms with Crippen molar-refractivity contribution in [2.75, 3.05) is 25.5 Å². The van der Waals surface area contributed by atoms with E-state index in [4.69, 9.17) is 4.74 Å². The summed E-state index contributed by atoms with van der Waals surface area (Å²) in [6.45, 7) is -1.08.